The van der Waals surface area contributed by atoms with Crippen LogP contribution >= 0.6 is 0 Å². The Morgan fingerprint density at radius 1 is 1.00 bits per heavy atom. The topological polar surface area (TPSA) is 134 Å². The van der Waals surface area contributed by atoms with E-state index in [9.17, 15) is 19.2 Å². The summed E-state index contributed by atoms with van der Waals surface area (Å²) in [5, 5.41) is 9.39. The maximum atomic E-state index is 13.6. The van der Waals surface area contributed by atoms with E-state index >= 15 is 0 Å². The third kappa shape index (κ3) is 5.32. The van der Waals surface area contributed by atoms with Crippen molar-refractivity contribution in [2.24, 2.45) is 11.7 Å². The van der Waals surface area contributed by atoms with Crippen molar-refractivity contribution in [3.05, 3.63) is 58.4 Å². The predicted molar refractivity (Wildman–Crippen MR) is 138 cm³/mol. The summed E-state index contributed by atoms with van der Waals surface area (Å²) in [5.41, 5.74) is 9.76. The van der Waals surface area contributed by atoms with Gasteiger partial charge in [-0.3, -0.25) is 19.2 Å². The molecule has 2 amide bonds. The van der Waals surface area contributed by atoms with E-state index in [-0.39, 0.29) is 48.7 Å². The number of carbonyl (C=O) groups excluding carboxylic acids is 4. The monoisotopic (exact) mass is 505 g/mol. The van der Waals surface area contributed by atoms with Gasteiger partial charge in [0.15, 0.2) is 11.6 Å². The summed E-state index contributed by atoms with van der Waals surface area (Å²) in [7, 11) is 0. The molecule has 0 spiro atoms. The molecule has 1 aliphatic carbocycles. The van der Waals surface area contributed by atoms with E-state index < -0.39 is 12.1 Å². The van der Waals surface area contributed by atoms with E-state index in [4.69, 9.17) is 5.73 Å². The third-order valence-corrected chi connectivity index (χ3v) is 7.88. The summed E-state index contributed by atoms with van der Waals surface area (Å²) in [5.74, 6) is -0.259. The van der Waals surface area contributed by atoms with Crippen LogP contribution in [0.25, 0.3) is 0 Å². The number of nitrogens with one attached hydrogen (secondary N) is 3. The number of amides is 2. The van der Waals surface area contributed by atoms with E-state index in [1.165, 1.54) is 5.56 Å². The molecule has 3 atom stereocenters. The van der Waals surface area contributed by atoms with Gasteiger partial charge < -0.3 is 26.6 Å². The Labute approximate surface area is 216 Å². The first-order valence-corrected chi connectivity index (χ1v) is 13.3. The first kappa shape index (κ1) is 25.2. The highest BCUT2D eigenvalue weighted by molar-refractivity contribution is 6.03. The van der Waals surface area contributed by atoms with E-state index in [0.717, 1.165) is 42.7 Å². The van der Waals surface area contributed by atoms with E-state index in [2.05, 4.69) is 28.1 Å². The molecule has 4 aliphatic rings. The van der Waals surface area contributed by atoms with Crippen molar-refractivity contribution in [1.29, 1.82) is 0 Å². The third-order valence-electron chi connectivity index (χ3n) is 7.88. The van der Waals surface area contributed by atoms with Gasteiger partial charge in [0.1, 0.15) is 12.1 Å². The zero-order valence-electron chi connectivity index (χ0n) is 21.1. The van der Waals surface area contributed by atoms with Crippen molar-refractivity contribution in [2.45, 2.75) is 57.0 Å². The molecule has 0 radical (unpaired) electrons. The lowest BCUT2D eigenvalue weighted by molar-refractivity contribution is -0.136. The van der Waals surface area contributed by atoms with Gasteiger partial charge in [0.05, 0.1) is 6.54 Å². The average molecular weight is 506 g/mol. The molecule has 196 valence electrons. The summed E-state index contributed by atoms with van der Waals surface area (Å²) in [6.45, 7) is 1.32. The number of rotatable bonds is 6. The van der Waals surface area contributed by atoms with Crippen LogP contribution in [0, 0.1) is 5.92 Å². The normalized spacial score (nSPS) is 25.6. The molecule has 0 saturated carbocycles. The van der Waals surface area contributed by atoms with Gasteiger partial charge >= 0.3 is 0 Å². The van der Waals surface area contributed by atoms with Crippen molar-refractivity contribution >= 4 is 23.4 Å². The van der Waals surface area contributed by atoms with E-state index in [1.807, 2.05) is 18.2 Å². The van der Waals surface area contributed by atoms with Crippen LogP contribution in [0.1, 0.15) is 44.1 Å². The second kappa shape index (κ2) is 10.9. The first-order chi connectivity index (χ1) is 17.9. The van der Waals surface area contributed by atoms with Crippen LogP contribution in [0.15, 0.2) is 52.9 Å². The highest BCUT2D eigenvalue weighted by Crippen LogP contribution is 2.35. The molecule has 9 heteroatoms. The summed E-state index contributed by atoms with van der Waals surface area (Å²) >= 11 is 0. The SMILES string of the molecule is NCCNC(=O)[C@@H]1CC(=O)C2=C(CCN(C(=O)[C@H]3CC(=O)C4=C(N3)[C@H](Cc3ccccc3)CCC4)C2)N1. The Morgan fingerprint density at radius 2 is 1.76 bits per heavy atom. The Bertz CT molecular complexity index is 1160. The molecule has 1 aromatic carbocycles. The van der Waals surface area contributed by atoms with Gasteiger partial charge in [-0.15, -0.1) is 0 Å². The number of carbonyl (C=O) groups is 4. The van der Waals surface area contributed by atoms with Crippen LogP contribution in [0.4, 0.5) is 0 Å². The minimum Gasteiger partial charge on any atom is -0.376 e. The molecule has 37 heavy (non-hydrogen) atoms. The van der Waals surface area contributed by atoms with Crippen molar-refractivity contribution in [3.63, 3.8) is 0 Å². The molecule has 0 aromatic heterocycles. The largest absolute Gasteiger partial charge is 0.376 e. The van der Waals surface area contributed by atoms with Gasteiger partial charge in [0, 0.05) is 67.4 Å². The van der Waals surface area contributed by atoms with Crippen molar-refractivity contribution in [3.8, 4) is 0 Å². The number of ketones is 2. The van der Waals surface area contributed by atoms with Gasteiger partial charge in [0.25, 0.3) is 0 Å². The van der Waals surface area contributed by atoms with Gasteiger partial charge in [-0.25, -0.2) is 0 Å². The summed E-state index contributed by atoms with van der Waals surface area (Å²) in [6, 6.07) is 9.01. The first-order valence-electron chi connectivity index (χ1n) is 13.3. The second-order valence-corrected chi connectivity index (χ2v) is 10.4. The average Bonchev–Trinajstić information content (AvgIpc) is 2.92. The Balaban J connectivity index is 1.27. The number of hydrogen-bond donors (Lipinski definition) is 4. The second-order valence-electron chi connectivity index (χ2n) is 10.4. The zero-order chi connectivity index (χ0) is 25.9. The lowest BCUT2D eigenvalue weighted by atomic mass is 9.78. The molecular weight excluding hydrogens is 470 g/mol. The molecule has 5 rings (SSSR count). The summed E-state index contributed by atoms with van der Waals surface area (Å²) < 4.78 is 0. The van der Waals surface area contributed by atoms with Crippen LogP contribution in [-0.4, -0.2) is 66.5 Å². The van der Waals surface area contributed by atoms with Gasteiger partial charge in [-0.2, -0.15) is 0 Å². The molecule has 5 N–H and O–H groups in total. The molecule has 0 fully saturated rings. The van der Waals surface area contributed by atoms with Gasteiger partial charge in [-0.05, 0) is 31.2 Å². The van der Waals surface area contributed by atoms with Crippen LogP contribution in [0.5, 0.6) is 0 Å². The molecular formula is C28H35N5O4. The number of Topliss-reactive ketones (excluding diaryl/α,β-unsaturated/α-hetero) is 2. The van der Waals surface area contributed by atoms with E-state index in [0.29, 0.717) is 31.6 Å². The number of hydrogen-bond acceptors (Lipinski definition) is 7. The fourth-order valence-electron chi connectivity index (χ4n) is 5.98. The van der Waals surface area contributed by atoms with Crippen molar-refractivity contribution in [2.75, 3.05) is 26.2 Å². The fraction of sp³-hybridized carbons (Fsp3) is 0.500. The van der Waals surface area contributed by atoms with Gasteiger partial charge in [0.2, 0.25) is 11.8 Å². The standard InChI is InChI=1S/C28H35N5O4/c29-10-11-30-27(36)22-14-25(35)20-16-33(12-9-21(20)31-22)28(37)23-15-24(34)19-8-4-7-18(26(19)32-23)13-17-5-2-1-3-6-17/h1-3,5-6,18,22-23,31-32H,4,7-16,29H2,(H,30,36)/t18-,22-,23+/m0/s1. The Morgan fingerprint density at radius 3 is 2.54 bits per heavy atom. The quantitative estimate of drug-likeness (QED) is 0.447. The molecule has 3 heterocycles. The predicted octanol–water partition coefficient (Wildman–Crippen LogP) is 0.707. The highest BCUT2D eigenvalue weighted by Gasteiger charge is 2.40. The van der Waals surface area contributed by atoms with E-state index in [1.54, 1.807) is 4.90 Å². The maximum absolute atomic E-state index is 13.6. The molecule has 0 unspecified atom stereocenters. The van der Waals surface area contributed by atoms with Crippen LogP contribution in [0.2, 0.25) is 0 Å². The van der Waals surface area contributed by atoms with Crippen LogP contribution in [-0.2, 0) is 25.6 Å². The summed E-state index contributed by atoms with van der Waals surface area (Å²) in [4.78, 5) is 53.6. The lowest BCUT2D eigenvalue weighted by Crippen LogP contribution is -2.55. The smallest absolute Gasteiger partial charge is 0.245 e. The van der Waals surface area contributed by atoms with Crippen LogP contribution in [0.3, 0.4) is 0 Å². The molecule has 0 bridgehead atoms. The Kier molecular flexibility index (Phi) is 7.41. The van der Waals surface area contributed by atoms with Crippen molar-refractivity contribution in [1.82, 2.24) is 20.9 Å². The maximum Gasteiger partial charge on any atom is 0.245 e. The molecule has 0 saturated heterocycles. The zero-order valence-corrected chi connectivity index (χ0v) is 21.1. The lowest BCUT2D eigenvalue weighted by Gasteiger charge is -2.40. The molecule has 1 aromatic rings. The number of allylic oxidation sites excluding steroid dienone is 2. The minimum atomic E-state index is -0.619. The van der Waals surface area contributed by atoms with Gasteiger partial charge in [-0.1, -0.05) is 30.3 Å². The molecule has 9 nitrogen and oxygen atoms in total. The van der Waals surface area contributed by atoms with Crippen molar-refractivity contribution < 1.29 is 19.2 Å². The summed E-state index contributed by atoms with van der Waals surface area (Å²) in [6.07, 6.45) is 4.22. The fourth-order valence-corrected chi connectivity index (χ4v) is 5.98. The van der Waals surface area contributed by atoms with Crippen LogP contribution < -0.4 is 21.7 Å². The highest BCUT2D eigenvalue weighted by atomic mass is 16.2. The number of nitrogens with zero attached hydrogens (tertiary/aromatic N) is 1. The number of nitrogens with two attached hydrogens (primary N) is 1. The number of benzene rings is 1. The Hall–Kier alpha value is -3.46. The minimum absolute atomic E-state index is 0.0504. The molecule has 3 aliphatic heterocycles.